The van der Waals surface area contributed by atoms with E-state index in [1.165, 1.54) is 6.33 Å². The SMILES string of the molecule is O=S(=O)(N[C@@H]1CCO[C@@H]1c1ncn[nH]1)c1ccc(F)c(F)c1F. The first-order chi connectivity index (χ1) is 10.9. The molecule has 2 atom stereocenters. The van der Waals surface area contributed by atoms with Crippen LogP contribution in [0.5, 0.6) is 0 Å². The zero-order chi connectivity index (χ0) is 16.6. The number of halogens is 3. The van der Waals surface area contributed by atoms with Crippen LogP contribution in [-0.2, 0) is 14.8 Å². The fraction of sp³-hybridized carbons (Fsp3) is 0.333. The van der Waals surface area contributed by atoms with Crippen molar-refractivity contribution in [1.29, 1.82) is 0 Å². The Morgan fingerprint density at radius 3 is 2.74 bits per heavy atom. The van der Waals surface area contributed by atoms with Gasteiger partial charge in [0.2, 0.25) is 10.0 Å². The molecule has 1 fully saturated rings. The molecule has 2 aromatic rings. The molecule has 7 nitrogen and oxygen atoms in total. The average Bonchev–Trinajstić information content (AvgIpc) is 3.14. The number of ether oxygens (including phenoxy) is 1. The maximum atomic E-state index is 13.7. The van der Waals surface area contributed by atoms with Gasteiger partial charge in [0.25, 0.3) is 0 Å². The molecule has 0 saturated carbocycles. The lowest BCUT2D eigenvalue weighted by molar-refractivity contribution is 0.0957. The highest BCUT2D eigenvalue weighted by atomic mass is 32.2. The lowest BCUT2D eigenvalue weighted by atomic mass is 10.1. The predicted molar refractivity (Wildman–Crippen MR) is 70.1 cm³/mol. The number of aromatic amines is 1. The quantitative estimate of drug-likeness (QED) is 0.805. The highest BCUT2D eigenvalue weighted by Crippen LogP contribution is 2.28. The Hall–Kier alpha value is -1.98. The summed E-state index contributed by atoms with van der Waals surface area (Å²) in [6.45, 7) is 0.249. The number of rotatable bonds is 4. The van der Waals surface area contributed by atoms with Crippen molar-refractivity contribution in [2.24, 2.45) is 0 Å². The summed E-state index contributed by atoms with van der Waals surface area (Å²) in [5.74, 6) is -4.78. The van der Waals surface area contributed by atoms with Gasteiger partial charge in [-0.25, -0.2) is 31.3 Å². The third kappa shape index (κ3) is 2.94. The van der Waals surface area contributed by atoms with E-state index < -0.39 is 44.5 Å². The van der Waals surface area contributed by atoms with Gasteiger partial charge in [-0.2, -0.15) is 5.10 Å². The normalized spacial score (nSPS) is 21.7. The van der Waals surface area contributed by atoms with Crippen LogP contribution in [0.3, 0.4) is 0 Å². The number of aromatic nitrogens is 3. The minimum absolute atomic E-state index is 0.249. The minimum Gasteiger partial charge on any atom is -0.368 e. The van der Waals surface area contributed by atoms with Crippen molar-refractivity contribution in [3.05, 3.63) is 41.7 Å². The van der Waals surface area contributed by atoms with E-state index in [0.717, 1.165) is 0 Å². The monoisotopic (exact) mass is 348 g/mol. The van der Waals surface area contributed by atoms with Crippen molar-refractivity contribution in [2.75, 3.05) is 6.61 Å². The second-order valence-corrected chi connectivity index (χ2v) is 6.53. The molecular weight excluding hydrogens is 337 g/mol. The van der Waals surface area contributed by atoms with Gasteiger partial charge in [-0.1, -0.05) is 0 Å². The number of hydrogen-bond donors (Lipinski definition) is 2. The van der Waals surface area contributed by atoms with Gasteiger partial charge in [-0.15, -0.1) is 0 Å². The Morgan fingerprint density at radius 2 is 2.04 bits per heavy atom. The van der Waals surface area contributed by atoms with Crippen LogP contribution in [0.1, 0.15) is 18.3 Å². The Labute approximate surface area is 128 Å². The number of benzene rings is 1. The van der Waals surface area contributed by atoms with Crippen molar-refractivity contribution in [1.82, 2.24) is 19.9 Å². The van der Waals surface area contributed by atoms with E-state index in [4.69, 9.17) is 4.74 Å². The largest absolute Gasteiger partial charge is 0.368 e. The topological polar surface area (TPSA) is 97.0 Å². The van der Waals surface area contributed by atoms with Crippen molar-refractivity contribution < 1.29 is 26.3 Å². The second-order valence-electron chi connectivity index (χ2n) is 4.85. The Morgan fingerprint density at radius 1 is 1.26 bits per heavy atom. The van der Waals surface area contributed by atoms with E-state index >= 15 is 0 Å². The predicted octanol–water partition coefficient (Wildman–Crippen LogP) is 1.03. The Balaban J connectivity index is 1.88. The summed E-state index contributed by atoms with van der Waals surface area (Å²) in [5, 5.41) is 6.20. The summed E-state index contributed by atoms with van der Waals surface area (Å²) >= 11 is 0. The van der Waals surface area contributed by atoms with Gasteiger partial charge in [-0.05, 0) is 18.6 Å². The van der Waals surface area contributed by atoms with Gasteiger partial charge >= 0.3 is 0 Å². The van der Waals surface area contributed by atoms with Gasteiger partial charge in [0.05, 0.1) is 6.04 Å². The summed E-state index contributed by atoms with van der Waals surface area (Å²) in [6.07, 6.45) is 0.800. The van der Waals surface area contributed by atoms with Crippen LogP contribution in [0.4, 0.5) is 13.2 Å². The van der Waals surface area contributed by atoms with E-state index in [0.29, 0.717) is 24.4 Å². The fourth-order valence-corrected chi connectivity index (χ4v) is 3.65. The molecule has 1 aromatic heterocycles. The molecule has 1 aliphatic rings. The molecule has 0 aliphatic carbocycles. The van der Waals surface area contributed by atoms with Crippen LogP contribution in [0.25, 0.3) is 0 Å². The first-order valence-electron chi connectivity index (χ1n) is 6.53. The number of H-pyrrole nitrogens is 1. The zero-order valence-corrected chi connectivity index (χ0v) is 12.3. The second kappa shape index (κ2) is 5.91. The number of nitrogens with one attached hydrogen (secondary N) is 2. The van der Waals surface area contributed by atoms with Crippen LogP contribution in [-0.4, -0.2) is 36.2 Å². The lowest BCUT2D eigenvalue weighted by Gasteiger charge is -2.18. The third-order valence-electron chi connectivity index (χ3n) is 3.39. The number of nitrogens with zero attached hydrogens (tertiary/aromatic N) is 2. The molecule has 0 unspecified atom stereocenters. The van der Waals surface area contributed by atoms with Gasteiger partial charge in [0.1, 0.15) is 17.3 Å². The molecule has 2 heterocycles. The molecule has 0 bridgehead atoms. The Bertz CT molecular complexity index is 813. The summed E-state index contributed by atoms with van der Waals surface area (Å²) in [4.78, 5) is 2.91. The molecule has 23 heavy (non-hydrogen) atoms. The smallest absolute Gasteiger partial charge is 0.243 e. The van der Waals surface area contributed by atoms with Gasteiger partial charge in [0, 0.05) is 6.61 Å². The number of sulfonamides is 1. The molecule has 2 N–H and O–H groups in total. The van der Waals surface area contributed by atoms with Gasteiger partial charge in [-0.3, -0.25) is 5.10 Å². The molecule has 3 rings (SSSR count). The van der Waals surface area contributed by atoms with Crippen LogP contribution >= 0.6 is 0 Å². The van der Waals surface area contributed by atoms with Crippen molar-refractivity contribution >= 4 is 10.0 Å². The van der Waals surface area contributed by atoms with Crippen molar-refractivity contribution in [2.45, 2.75) is 23.5 Å². The summed E-state index contributed by atoms with van der Waals surface area (Å²) in [6, 6.07) is 0.460. The Kier molecular flexibility index (Phi) is 4.08. The molecule has 0 spiro atoms. The highest BCUT2D eigenvalue weighted by molar-refractivity contribution is 7.89. The summed E-state index contributed by atoms with van der Waals surface area (Å²) < 4.78 is 72.0. The molecular formula is C12H11F3N4O3S. The zero-order valence-electron chi connectivity index (χ0n) is 11.5. The molecule has 1 aromatic carbocycles. The van der Waals surface area contributed by atoms with Crippen LogP contribution < -0.4 is 4.72 Å². The summed E-state index contributed by atoms with van der Waals surface area (Å²) in [5.41, 5.74) is 0. The fourth-order valence-electron chi connectivity index (χ4n) is 2.31. The average molecular weight is 348 g/mol. The van der Waals surface area contributed by atoms with E-state index in [1.807, 2.05) is 0 Å². The molecule has 124 valence electrons. The van der Waals surface area contributed by atoms with E-state index in [2.05, 4.69) is 19.9 Å². The highest BCUT2D eigenvalue weighted by Gasteiger charge is 2.36. The standard InChI is InChI=1S/C12H11F3N4O3S/c13-6-1-2-8(10(15)9(6)14)23(20,21)19-7-3-4-22-11(7)12-16-5-17-18-12/h1-2,5,7,11,19H,3-4H2,(H,16,17,18)/t7-,11+/m1/s1. The minimum atomic E-state index is -4.41. The lowest BCUT2D eigenvalue weighted by Crippen LogP contribution is -2.37. The maximum absolute atomic E-state index is 13.7. The molecule has 0 radical (unpaired) electrons. The van der Waals surface area contributed by atoms with Crippen LogP contribution in [0, 0.1) is 17.5 Å². The van der Waals surface area contributed by atoms with E-state index in [1.54, 1.807) is 0 Å². The van der Waals surface area contributed by atoms with Crippen molar-refractivity contribution in [3.8, 4) is 0 Å². The van der Waals surface area contributed by atoms with E-state index in [9.17, 15) is 21.6 Å². The molecule has 11 heteroatoms. The molecule has 1 saturated heterocycles. The third-order valence-corrected chi connectivity index (χ3v) is 4.90. The maximum Gasteiger partial charge on any atom is 0.243 e. The molecule has 1 aliphatic heterocycles. The van der Waals surface area contributed by atoms with Gasteiger partial charge in [0.15, 0.2) is 23.3 Å². The molecule has 0 amide bonds. The van der Waals surface area contributed by atoms with Crippen LogP contribution in [0.15, 0.2) is 23.4 Å². The first kappa shape index (κ1) is 15.9. The van der Waals surface area contributed by atoms with Crippen molar-refractivity contribution in [3.63, 3.8) is 0 Å². The van der Waals surface area contributed by atoms with Crippen LogP contribution in [0.2, 0.25) is 0 Å². The van der Waals surface area contributed by atoms with E-state index in [-0.39, 0.29) is 6.61 Å². The first-order valence-corrected chi connectivity index (χ1v) is 8.01. The van der Waals surface area contributed by atoms with Gasteiger partial charge < -0.3 is 4.74 Å². The summed E-state index contributed by atoms with van der Waals surface area (Å²) in [7, 11) is -4.41. The number of hydrogen-bond acceptors (Lipinski definition) is 5.